The molecule has 0 bridgehead atoms. The molecule has 0 radical (unpaired) electrons. The maximum absolute atomic E-state index is 5.78. The zero-order chi connectivity index (χ0) is 15.6. The summed E-state index contributed by atoms with van der Waals surface area (Å²) in [7, 11) is 3.68. The van der Waals surface area contributed by atoms with Crippen molar-refractivity contribution in [2.24, 2.45) is 0 Å². The van der Waals surface area contributed by atoms with Crippen molar-refractivity contribution < 1.29 is 4.74 Å². The third-order valence-corrected chi connectivity index (χ3v) is 3.75. The molecule has 6 nitrogen and oxygen atoms in total. The lowest BCUT2D eigenvalue weighted by atomic mass is 10.2. The van der Waals surface area contributed by atoms with E-state index in [4.69, 9.17) is 10.5 Å². The van der Waals surface area contributed by atoms with E-state index in [1.165, 1.54) is 0 Å². The number of halogens is 2. The van der Waals surface area contributed by atoms with Gasteiger partial charge in [-0.3, -0.25) is 0 Å². The number of aromatic nitrogens is 3. The van der Waals surface area contributed by atoms with E-state index < -0.39 is 0 Å². The van der Waals surface area contributed by atoms with E-state index in [-0.39, 0.29) is 12.6 Å². The highest BCUT2D eigenvalue weighted by atomic mass is 79.9. The Morgan fingerprint density at radius 3 is 2.33 bits per heavy atom. The van der Waals surface area contributed by atoms with Crippen molar-refractivity contribution in [2.75, 3.05) is 24.7 Å². The van der Waals surface area contributed by atoms with E-state index in [0.29, 0.717) is 17.5 Å². The standard InChI is InChI=1S/C13H15Br2N5O/c1-7-4-8(14)11(9(15)5-7)21-6-10-17-12(16)19-13(18-10)20(2)3/h4-5H,6H2,1-3H3,(H2,16,17,18,19). The molecule has 2 rings (SSSR count). The minimum Gasteiger partial charge on any atom is -0.483 e. The van der Waals surface area contributed by atoms with Gasteiger partial charge in [0.15, 0.2) is 5.82 Å². The van der Waals surface area contributed by atoms with Gasteiger partial charge in [0, 0.05) is 14.1 Å². The van der Waals surface area contributed by atoms with E-state index in [9.17, 15) is 0 Å². The molecular formula is C13H15Br2N5O. The number of hydrogen-bond acceptors (Lipinski definition) is 6. The average molecular weight is 417 g/mol. The van der Waals surface area contributed by atoms with Gasteiger partial charge in [-0.2, -0.15) is 15.0 Å². The second-order valence-electron chi connectivity index (χ2n) is 4.65. The molecule has 0 aliphatic rings. The van der Waals surface area contributed by atoms with E-state index in [1.54, 1.807) is 4.90 Å². The average Bonchev–Trinajstić information content (AvgIpc) is 2.36. The Morgan fingerprint density at radius 2 is 1.76 bits per heavy atom. The van der Waals surface area contributed by atoms with Crippen LogP contribution in [-0.2, 0) is 6.61 Å². The van der Waals surface area contributed by atoms with Crippen LogP contribution >= 0.6 is 31.9 Å². The minimum absolute atomic E-state index is 0.175. The molecule has 0 spiro atoms. The number of anilines is 2. The van der Waals surface area contributed by atoms with Crippen molar-refractivity contribution in [3.63, 3.8) is 0 Å². The summed E-state index contributed by atoms with van der Waals surface area (Å²) in [5, 5.41) is 0. The number of nitrogens with zero attached hydrogens (tertiary/aromatic N) is 4. The van der Waals surface area contributed by atoms with Crippen molar-refractivity contribution in [1.29, 1.82) is 0 Å². The summed E-state index contributed by atoms with van der Waals surface area (Å²) in [5.41, 5.74) is 6.81. The molecule has 112 valence electrons. The van der Waals surface area contributed by atoms with E-state index in [2.05, 4.69) is 46.8 Å². The lowest BCUT2D eigenvalue weighted by molar-refractivity contribution is 0.292. The summed E-state index contributed by atoms with van der Waals surface area (Å²) in [4.78, 5) is 14.2. The van der Waals surface area contributed by atoms with Crippen LogP contribution in [0.3, 0.4) is 0 Å². The summed E-state index contributed by atoms with van der Waals surface area (Å²) >= 11 is 6.97. The Kier molecular flexibility index (Phi) is 5.00. The van der Waals surface area contributed by atoms with Crippen molar-refractivity contribution in [3.8, 4) is 5.75 Å². The predicted molar refractivity (Wildman–Crippen MR) is 89.5 cm³/mol. The van der Waals surface area contributed by atoms with Crippen LogP contribution in [0, 0.1) is 6.92 Å². The molecule has 0 aliphatic carbocycles. The number of nitrogen functional groups attached to an aromatic ring is 1. The van der Waals surface area contributed by atoms with Crippen LogP contribution in [0.2, 0.25) is 0 Å². The number of aryl methyl sites for hydroxylation is 1. The molecule has 0 unspecified atom stereocenters. The van der Waals surface area contributed by atoms with E-state index >= 15 is 0 Å². The number of rotatable bonds is 4. The zero-order valence-corrected chi connectivity index (χ0v) is 15.1. The Hall–Kier alpha value is -1.41. The number of benzene rings is 1. The van der Waals surface area contributed by atoms with Gasteiger partial charge in [0.1, 0.15) is 12.4 Å². The fraction of sp³-hybridized carbons (Fsp3) is 0.308. The molecule has 0 aliphatic heterocycles. The van der Waals surface area contributed by atoms with Crippen molar-refractivity contribution >= 4 is 43.8 Å². The van der Waals surface area contributed by atoms with Crippen LogP contribution < -0.4 is 15.4 Å². The molecule has 0 atom stereocenters. The summed E-state index contributed by atoms with van der Waals surface area (Å²) in [6.45, 7) is 2.21. The number of ether oxygens (including phenoxy) is 1. The fourth-order valence-corrected chi connectivity index (χ4v) is 3.30. The largest absolute Gasteiger partial charge is 0.483 e. The first-order valence-electron chi connectivity index (χ1n) is 6.13. The maximum Gasteiger partial charge on any atom is 0.230 e. The number of hydrogen-bond donors (Lipinski definition) is 1. The summed E-state index contributed by atoms with van der Waals surface area (Å²) < 4.78 is 7.51. The Labute approximate surface area is 140 Å². The molecule has 0 saturated heterocycles. The van der Waals surface area contributed by atoms with Crippen LogP contribution in [0.5, 0.6) is 5.75 Å². The first kappa shape index (κ1) is 16.0. The Morgan fingerprint density at radius 1 is 1.14 bits per heavy atom. The van der Waals surface area contributed by atoms with Gasteiger partial charge in [0.25, 0.3) is 0 Å². The highest BCUT2D eigenvalue weighted by Gasteiger charge is 2.11. The normalized spacial score (nSPS) is 10.5. The summed E-state index contributed by atoms with van der Waals surface area (Å²) in [6, 6.07) is 3.96. The number of nitrogens with two attached hydrogens (primary N) is 1. The summed E-state index contributed by atoms with van der Waals surface area (Å²) in [5.74, 6) is 1.86. The fourth-order valence-electron chi connectivity index (χ4n) is 1.65. The van der Waals surface area contributed by atoms with Gasteiger partial charge in [0.05, 0.1) is 8.95 Å². The lowest BCUT2D eigenvalue weighted by Gasteiger charge is -2.13. The van der Waals surface area contributed by atoms with Gasteiger partial charge >= 0.3 is 0 Å². The second kappa shape index (κ2) is 6.57. The summed E-state index contributed by atoms with van der Waals surface area (Å²) in [6.07, 6.45) is 0. The lowest BCUT2D eigenvalue weighted by Crippen LogP contribution is -2.17. The van der Waals surface area contributed by atoms with Crippen LogP contribution in [-0.4, -0.2) is 29.0 Å². The first-order chi connectivity index (χ1) is 9.86. The smallest absolute Gasteiger partial charge is 0.230 e. The molecule has 8 heteroatoms. The molecule has 1 aromatic heterocycles. The van der Waals surface area contributed by atoms with Gasteiger partial charge in [-0.25, -0.2) is 0 Å². The molecule has 2 aromatic rings. The quantitative estimate of drug-likeness (QED) is 0.825. The molecule has 0 fully saturated rings. The molecule has 21 heavy (non-hydrogen) atoms. The molecule has 1 heterocycles. The van der Waals surface area contributed by atoms with Crippen molar-refractivity contribution in [1.82, 2.24) is 15.0 Å². The SMILES string of the molecule is Cc1cc(Br)c(OCc2nc(N)nc(N(C)C)n2)c(Br)c1. The topological polar surface area (TPSA) is 77.2 Å². The van der Waals surface area contributed by atoms with E-state index in [1.807, 2.05) is 33.2 Å². The van der Waals surface area contributed by atoms with Gasteiger partial charge < -0.3 is 15.4 Å². The highest BCUT2D eigenvalue weighted by molar-refractivity contribution is 9.11. The van der Waals surface area contributed by atoms with E-state index in [0.717, 1.165) is 14.5 Å². The molecule has 0 saturated carbocycles. The van der Waals surface area contributed by atoms with Crippen LogP contribution in [0.15, 0.2) is 21.1 Å². The minimum atomic E-state index is 0.175. The van der Waals surface area contributed by atoms with Crippen LogP contribution in [0.4, 0.5) is 11.9 Å². The third kappa shape index (κ3) is 4.04. The third-order valence-electron chi connectivity index (χ3n) is 2.58. The van der Waals surface area contributed by atoms with Gasteiger partial charge in [-0.15, -0.1) is 0 Å². The van der Waals surface area contributed by atoms with Gasteiger partial charge in [-0.05, 0) is 56.5 Å². The first-order valence-corrected chi connectivity index (χ1v) is 7.71. The second-order valence-corrected chi connectivity index (χ2v) is 6.36. The van der Waals surface area contributed by atoms with Gasteiger partial charge in [0.2, 0.25) is 11.9 Å². The van der Waals surface area contributed by atoms with Crippen LogP contribution in [0.25, 0.3) is 0 Å². The monoisotopic (exact) mass is 415 g/mol. The van der Waals surface area contributed by atoms with Gasteiger partial charge in [-0.1, -0.05) is 0 Å². The molecule has 0 amide bonds. The van der Waals surface area contributed by atoms with Crippen molar-refractivity contribution in [3.05, 3.63) is 32.5 Å². The Bertz CT molecular complexity index is 640. The highest BCUT2D eigenvalue weighted by Crippen LogP contribution is 2.35. The molecule has 2 N–H and O–H groups in total. The van der Waals surface area contributed by atoms with Crippen molar-refractivity contribution in [2.45, 2.75) is 13.5 Å². The maximum atomic E-state index is 5.78. The Balaban J connectivity index is 2.21. The molecule has 1 aromatic carbocycles. The molecular weight excluding hydrogens is 402 g/mol. The van der Waals surface area contributed by atoms with Crippen LogP contribution in [0.1, 0.15) is 11.4 Å². The predicted octanol–water partition coefficient (Wildman–Crippen LogP) is 2.93. The zero-order valence-electron chi connectivity index (χ0n) is 11.9.